The zero-order valence-corrected chi connectivity index (χ0v) is 9.72. The highest BCUT2D eigenvalue weighted by Crippen LogP contribution is 2.26. The van der Waals surface area contributed by atoms with Crippen LogP contribution in [0.1, 0.15) is 24.6 Å². The Kier molecular flexibility index (Phi) is 2.85. The number of ether oxygens (including phenoxy) is 2. The number of hydrogen-bond donors (Lipinski definition) is 1. The van der Waals surface area contributed by atoms with Gasteiger partial charge in [0.1, 0.15) is 5.54 Å². The number of nitrogens with zero attached hydrogens (tertiary/aromatic N) is 2. The molecule has 0 aromatic carbocycles. The molecule has 1 aromatic rings. The second-order valence-electron chi connectivity index (χ2n) is 4.91. The Morgan fingerprint density at radius 1 is 1.35 bits per heavy atom. The van der Waals surface area contributed by atoms with Crippen molar-refractivity contribution < 1.29 is 14.0 Å². The number of hydrogen-bond acceptors (Lipinski definition) is 6. The van der Waals surface area contributed by atoms with Gasteiger partial charge in [-0.25, -0.2) is 0 Å². The molecule has 2 atom stereocenters. The van der Waals surface area contributed by atoms with Crippen LogP contribution in [0.5, 0.6) is 0 Å². The Labute approximate surface area is 99.5 Å². The van der Waals surface area contributed by atoms with Crippen LogP contribution in [-0.2, 0) is 21.4 Å². The lowest BCUT2D eigenvalue weighted by atomic mass is 10.0. The lowest BCUT2D eigenvalue weighted by Gasteiger charge is -2.15. The largest absolute Gasteiger partial charge is 0.381 e. The highest BCUT2D eigenvalue weighted by molar-refractivity contribution is 5.05. The topological polar surface area (TPSA) is 83.4 Å². The van der Waals surface area contributed by atoms with Gasteiger partial charge in [0.05, 0.1) is 6.61 Å². The summed E-state index contributed by atoms with van der Waals surface area (Å²) < 4.78 is 15.9. The van der Waals surface area contributed by atoms with Gasteiger partial charge >= 0.3 is 0 Å². The van der Waals surface area contributed by atoms with E-state index in [0.29, 0.717) is 25.0 Å². The average Bonchev–Trinajstić information content (AvgIpc) is 3.00. The van der Waals surface area contributed by atoms with Crippen LogP contribution in [0.15, 0.2) is 4.52 Å². The van der Waals surface area contributed by atoms with E-state index in [1.165, 1.54) is 0 Å². The standard InChI is InChI=1S/C11H17N3O3/c12-11(2-4-16-7-11)10-13-9(14-17-10)5-8-1-3-15-6-8/h8H,1-7,12H2. The van der Waals surface area contributed by atoms with Gasteiger partial charge in [0, 0.05) is 26.2 Å². The molecule has 2 aliphatic rings. The highest BCUT2D eigenvalue weighted by atomic mass is 16.5. The van der Waals surface area contributed by atoms with Gasteiger partial charge in [-0.1, -0.05) is 5.16 Å². The van der Waals surface area contributed by atoms with E-state index in [1.54, 1.807) is 0 Å². The molecular formula is C11H17N3O3. The van der Waals surface area contributed by atoms with Crippen molar-refractivity contribution in [3.05, 3.63) is 11.7 Å². The molecule has 3 heterocycles. The molecule has 17 heavy (non-hydrogen) atoms. The van der Waals surface area contributed by atoms with Gasteiger partial charge in [0.2, 0.25) is 5.89 Å². The van der Waals surface area contributed by atoms with E-state index in [-0.39, 0.29) is 0 Å². The Hall–Kier alpha value is -0.980. The first-order chi connectivity index (χ1) is 8.26. The highest BCUT2D eigenvalue weighted by Gasteiger charge is 2.38. The molecule has 0 radical (unpaired) electrons. The summed E-state index contributed by atoms with van der Waals surface area (Å²) >= 11 is 0. The molecule has 2 fully saturated rings. The summed E-state index contributed by atoms with van der Waals surface area (Å²) in [6, 6.07) is 0. The summed E-state index contributed by atoms with van der Waals surface area (Å²) in [5, 5.41) is 3.99. The minimum absolute atomic E-state index is 0.459. The van der Waals surface area contributed by atoms with Gasteiger partial charge in [0.15, 0.2) is 5.82 Å². The zero-order valence-electron chi connectivity index (χ0n) is 9.72. The Bertz CT molecular complexity index is 381. The summed E-state index contributed by atoms with van der Waals surface area (Å²) in [5.74, 6) is 1.74. The fraction of sp³-hybridized carbons (Fsp3) is 0.818. The molecule has 2 N–H and O–H groups in total. The summed E-state index contributed by atoms with van der Waals surface area (Å²) in [4.78, 5) is 4.39. The van der Waals surface area contributed by atoms with Gasteiger partial charge in [0.25, 0.3) is 0 Å². The number of nitrogens with two attached hydrogens (primary N) is 1. The molecule has 0 bridgehead atoms. The minimum Gasteiger partial charge on any atom is -0.381 e. The van der Waals surface area contributed by atoms with E-state index in [9.17, 15) is 0 Å². The molecule has 94 valence electrons. The Balaban J connectivity index is 1.69. The molecule has 2 saturated heterocycles. The molecule has 2 aliphatic heterocycles. The van der Waals surface area contributed by atoms with Crippen LogP contribution in [-0.4, -0.2) is 36.6 Å². The third-order valence-corrected chi connectivity index (χ3v) is 3.44. The molecule has 0 amide bonds. The van der Waals surface area contributed by atoms with Crippen LogP contribution in [0.4, 0.5) is 0 Å². The van der Waals surface area contributed by atoms with E-state index < -0.39 is 5.54 Å². The summed E-state index contributed by atoms with van der Waals surface area (Å²) in [6.45, 7) is 2.75. The van der Waals surface area contributed by atoms with E-state index in [4.69, 9.17) is 19.7 Å². The third-order valence-electron chi connectivity index (χ3n) is 3.44. The van der Waals surface area contributed by atoms with Crippen LogP contribution < -0.4 is 5.73 Å². The van der Waals surface area contributed by atoms with E-state index in [1.807, 2.05) is 0 Å². The van der Waals surface area contributed by atoms with E-state index >= 15 is 0 Å². The molecular weight excluding hydrogens is 222 g/mol. The maximum atomic E-state index is 6.16. The molecule has 6 nitrogen and oxygen atoms in total. The predicted octanol–water partition coefficient (Wildman–Crippen LogP) is 0.223. The number of rotatable bonds is 3. The summed E-state index contributed by atoms with van der Waals surface area (Å²) in [5.41, 5.74) is 5.57. The van der Waals surface area contributed by atoms with Crippen molar-refractivity contribution in [3.8, 4) is 0 Å². The quantitative estimate of drug-likeness (QED) is 0.812. The van der Waals surface area contributed by atoms with Crippen LogP contribution in [0.25, 0.3) is 0 Å². The van der Waals surface area contributed by atoms with Crippen molar-refractivity contribution >= 4 is 0 Å². The molecule has 1 aromatic heterocycles. The predicted molar refractivity (Wildman–Crippen MR) is 58.2 cm³/mol. The van der Waals surface area contributed by atoms with Crippen molar-refractivity contribution in [1.82, 2.24) is 10.1 Å². The lowest BCUT2D eigenvalue weighted by molar-refractivity contribution is 0.166. The van der Waals surface area contributed by atoms with Gasteiger partial charge in [-0.05, 0) is 18.8 Å². The van der Waals surface area contributed by atoms with E-state index in [2.05, 4.69) is 10.1 Å². The van der Waals surface area contributed by atoms with E-state index in [0.717, 1.165) is 38.3 Å². The van der Waals surface area contributed by atoms with Crippen molar-refractivity contribution in [3.63, 3.8) is 0 Å². The maximum absolute atomic E-state index is 6.16. The molecule has 6 heteroatoms. The lowest BCUT2D eigenvalue weighted by Crippen LogP contribution is -2.37. The summed E-state index contributed by atoms with van der Waals surface area (Å²) in [6.07, 6.45) is 2.61. The zero-order chi connectivity index (χ0) is 11.7. The Morgan fingerprint density at radius 3 is 3.00 bits per heavy atom. The van der Waals surface area contributed by atoms with Gasteiger partial charge in [-0.3, -0.25) is 0 Å². The third kappa shape index (κ3) is 2.20. The van der Waals surface area contributed by atoms with Crippen molar-refractivity contribution in [2.24, 2.45) is 11.7 Å². The number of aromatic nitrogens is 2. The van der Waals surface area contributed by atoms with Crippen LogP contribution in [0.2, 0.25) is 0 Å². The molecule has 0 saturated carbocycles. The smallest absolute Gasteiger partial charge is 0.249 e. The van der Waals surface area contributed by atoms with Gasteiger partial charge in [-0.2, -0.15) is 4.98 Å². The fourth-order valence-corrected chi connectivity index (χ4v) is 2.29. The first-order valence-electron chi connectivity index (χ1n) is 6.04. The molecule has 0 spiro atoms. The summed E-state index contributed by atoms with van der Waals surface area (Å²) in [7, 11) is 0. The van der Waals surface area contributed by atoms with Gasteiger partial charge < -0.3 is 19.7 Å². The Morgan fingerprint density at radius 2 is 2.29 bits per heavy atom. The monoisotopic (exact) mass is 239 g/mol. The molecule has 2 unspecified atom stereocenters. The van der Waals surface area contributed by atoms with Crippen molar-refractivity contribution in [1.29, 1.82) is 0 Å². The SMILES string of the molecule is NC1(c2nc(CC3CCOC3)no2)CCOC1. The van der Waals surface area contributed by atoms with Gasteiger partial charge in [-0.15, -0.1) is 0 Å². The van der Waals surface area contributed by atoms with Crippen molar-refractivity contribution in [2.45, 2.75) is 24.8 Å². The van der Waals surface area contributed by atoms with Crippen LogP contribution in [0, 0.1) is 5.92 Å². The van der Waals surface area contributed by atoms with Crippen LogP contribution >= 0.6 is 0 Å². The van der Waals surface area contributed by atoms with Crippen molar-refractivity contribution in [2.75, 3.05) is 26.4 Å². The normalized spacial score (nSPS) is 33.4. The first kappa shape index (κ1) is 11.1. The average molecular weight is 239 g/mol. The second kappa shape index (κ2) is 4.36. The fourth-order valence-electron chi connectivity index (χ4n) is 2.29. The second-order valence-corrected chi connectivity index (χ2v) is 4.91. The maximum Gasteiger partial charge on any atom is 0.249 e. The molecule has 0 aliphatic carbocycles. The first-order valence-corrected chi connectivity index (χ1v) is 6.04. The minimum atomic E-state index is -0.586. The van der Waals surface area contributed by atoms with Crippen LogP contribution in [0.3, 0.4) is 0 Å². The molecule has 3 rings (SSSR count).